The van der Waals surface area contributed by atoms with Crippen molar-refractivity contribution < 1.29 is 14.0 Å². The molecule has 3 aromatic rings. The van der Waals surface area contributed by atoms with Crippen LogP contribution in [-0.4, -0.2) is 49.8 Å². The van der Waals surface area contributed by atoms with Crippen LogP contribution in [0.25, 0.3) is 11.3 Å². The van der Waals surface area contributed by atoms with Crippen LogP contribution in [0.3, 0.4) is 0 Å². The summed E-state index contributed by atoms with van der Waals surface area (Å²) in [6.07, 6.45) is 0.294. The molecule has 0 radical (unpaired) electrons. The normalized spacial score (nSPS) is 13.9. The maximum Gasteiger partial charge on any atom is 0.258 e. The molecule has 1 aliphatic heterocycles. The molecule has 1 heterocycles. The van der Waals surface area contributed by atoms with Crippen molar-refractivity contribution in [2.75, 3.05) is 38.8 Å². The molecule has 1 aliphatic rings. The van der Waals surface area contributed by atoms with Gasteiger partial charge in [0.2, 0.25) is 5.91 Å². The fraction of sp³-hybridized carbons (Fsp3) is 0.214. The van der Waals surface area contributed by atoms with Crippen LogP contribution >= 0.6 is 0 Å². The minimum absolute atomic E-state index is 0.0124. The summed E-state index contributed by atoms with van der Waals surface area (Å²) in [4.78, 5) is 28.8. The van der Waals surface area contributed by atoms with E-state index in [1.54, 1.807) is 25.1 Å². The van der Waals surface area contributed by atoms with Crippen LogP contribution < -0.4 is 10.6 Å². The Morgan fingerprint density at radius 2 is 1.57 bits per heavy atom. The van der Waals surface area contributed by atoms with Gasteiger partial charge in [-0.15, -0.1) is 0 Å². The van der Waals surface area contributed by atoms with Crippen molar-refractivity contribution in [3.8, 4) is 0 Å². The minimum atomic E-state index is -0.411. The van der Waals surface area contributed by atoms with Gasteiger partial charge in [0.1, 0.15) is 5.82 Å². The first kappa shape index (κ1) is 24.2. The molecule has 0 atom stereocenters. The quantitative estimate of drug-likeness (QED) is 0.499. The number of rotatable bonds is 7. The SMILES string of the molecule is CN(C)Cc1ccc(N/C(=C2\C(=O)Nc3cc(F)ccc32)c2ccc(CC(=O)N(C)C)cc2)cc1. The summed E-state index contributed by atoms with van der Waals surface area (Å²) in [6, 6.07) is 19.9. The number of likely N-dealkylation sites (N-methyl/N-ethyl adjacent to an activating group) is 1. The summed E-state index contributed by atoms with van der Waals surface area (Å²) in [5.74, 6) is -0.700. The molecular formula is C28H29FN4O2. The number of hydrogen-bond donors (Lipinski definition) is 2. The lowest BCUT2D eigenvalue weighted by atomic mass is 9.98. The molecule has 0 aliphatic carbocycles. The molecule has 180 valence electrons. The summed E-state index contributed by atoms with van der Waals surface area (Å²) in [5.41, 5.74) is 5.78. The largest absolute Gasteiger partial charge is 0.354 e. The molecule has 2 N–H and O–H groups in total. The smallest absolute Gasteiger partial charge is 0.258 e. The van der Waals surface area contributed by atoms with Gasteiger partial charge in [-0.05, 0) is 61.1 Å². The van der Waals surface area contributed by atoms with E-state index in [4.69, 9.17) is 0 Å². The summed E-state index contributed by atoms with van der Waals surface area (Å²) >= 11 is 0. The van der Waals surface area contributed by atoms with Gasteiger partial charge < -0.3 is 20.4 Å². The van der Waals surface area contributed by atoms with Gasteiger partial charge in [0.25, 0.3) is 5.91 Å². The second kappa shape index (κ2) is 10.1. The van der Waals surface area contributed by atoms with E-state index in [-0.39, 0.29) is 11.8 Å². The molecule has 0 fully saturated rings. The highest BCUT2D eigenvalue weighted by Gasteiger charge is 2.29. The van der Waals surface area contributed by atoms with Crippen LogP contribution in [0.2, 0.25) is 0 Å². The average molecular weight is 473 g/mol. The highest BCUT2D eigenvalue weighted by atomic mass is 19.1. The number of benzene rings is 3. The molecule has 0 unspecified atom stereocenters. The molecule has 35 heavy (non-hydrogen) atoms. The maximum atomic E-state index is 13.8. The van der Waals surface area contributed by atoms with Crippen LogP contribution in [0.1, 0.15) is 22.3 Å². The van der Waals surface area contributed by atoms with Gasteiger partial charge in [0.05, 0.1) is 23.4 Å². The lowest BCUT2D eigenvalue weighted by Crippen LogP contribution is -2.23. The molecule has 2 amide bonds. The first-order valence-corrected chi connectivity index (χ1v) is 11.4. The topological polar surface area (TPSA) is 64.7 Å². The fourth-order valence-corrected chi connectivity index (χ4v) is 4.00. The number of carbonyl (C=O) groups is 2. The first-order chi connectivity index (χ1) is 16.7. The molecule has 0 saturated carbocycles. The van der Waals surface area contributed by atoms with Crippen LogP contribution in [0.4, 0.5) is 15.8 Å². The molecule has 6 nitrogen and oxygen atoms in total. The molecule has 0 saturated heterocycles. The summed E-state index contributed by atoms with van der Waals surface area (Å²) in [6.45, 7) is 0.822. The van der Waals surface area contributed by atoms with Crippen molar-refractivity contribution >= 4 is 34.5 Å². The monoisotopic (exact) mass is 472 g/mol. The number of nitrogens with one attached hydrogen (secondary N) is 2. The fourth-order valence-electron chi connectivity index (χ4n) is 4.00. The van der Waals surface area contributed by atoms with Crippen molar-refractivity contribution in [3.05, 3.63) is 94.8 Å². The Morgan fingerprint density at radius 1 is 0.914 bits per heavy atom. The van der Waals surface area contributed by atoms with Gasteiger partial charge >= 0.3 is 0 Å². The van der Waals surface area contributed by atoms with E-state index >= 15 is 0 Å². The Morgan fingerprint density at radius 3 is 2.20 bits per heavy atom. The molecule has 0 spiro atoms. The number of halogens is 1. The third-order valence-corrected chi connectivity index (χ3v) is 5.80. The third-order valence-electron chi connectivity index (χ3n) is 5.80. The molecule has 0 aromatic heterocycles. The predicted molar refractivity (Wildman–Crippen MR) is 138 cm³/mol. The zero-order chi connectivity index (χ0) is 25.1. The predicted octanol–water partition coefficient (Wildman–Crippen LogP) is 4.45. The molecule has 4 rings (SSSR count). The van der Waals surface area contributed by atoms with Gasteiger partial charge in [0, 0.05) is 31.9 Å². The van der Waals surface area contributed by atoms with Crippen LogP contribution in [0.15, 0.2) is 66.7 Å². The minimum Gasteiger partial charge on any atom is -0.354 e. The first-order valence-electron chi connectivity index (χ1n) is 11.4. The van der Waals surface area contributed by atoms with E-state index in [0.717, 1.165) is 23.4 Å². The Balaban J connectivity index is 1.74. The lowest BCUT2D eigenvalue weighted by Gasteiger charge is -2.16. The Hall–Kier alpha value is -3.97. The maximum absolute atomic E-state index is 13.8. The van der Waals surface area contributed by atoms with Crippen LogP contribution in [0, 0.1) is 5.82 Å². The van der Waals surface area contributed by atoms with Crippen molar-refractivity contribution in [1.29, 1.82) is 0 Å². The molecule has 3 aromatic carbocycles. The van der Waals surface area contributed by atoms with E-state index in [9.17, 15) is 14.0 Å². The molecule has 0 bridgehead atoms. The van der Waals surface area contributed by atoms with Crippen LogP contribution in [-0.2, 0) is 22.6 Å². The van der Waals surface area contributed by atoms with E-state index in [2.05, 4.69) is 15.5 Å². The lowest BCUT2D eigenvalue weighted by molar-refractivity contribution is -0.128. The number of anilines is 2. The Labute approximate surface area is 205 Å². The Bertz CT molecular complexity index is 1280. The standard InChI is InChI=1S/C28H29FN4O2/c1-32(2)17-19-7-12-22(13-8-19)30-27(20-9-5-18(6-10-20)15-25(34)33(3)4)26-23-14-11-21(29)16-24(23)31-28(26)35/h5-14,16,30H,15,17H2,1-4H3,(H,31,35)/b27-26-. The van der Waals surface area contributed by atoms with Crippen molar-refractivity contribution in [1.82, 2.24) is 9.80 Å². The number of nitrogens with zero attached hydrogens (tertiary/aromatic N) is 2. The van der Waals surface area contributed by atoms with E-state index in [0.29, 0.717) is 28.9 Å². The number of carbonyl (C=O) groups excluding carboxylic acids is 2. The van der Waals surface area contributed by atoms with Gasteiger partial charge in [0.15, 0.2) is 0 Å². The second-order valence-corrected chi connectivity index (χ2v) is 9.12. The van der Waals surface area contributed by atoms with Crippen LogP contribution in [0.5, 0.6) is 0 Å². The molecular weight excluding hydrogens is 443 g/mol. The van der Waals surface area contributed by atoms with E-state index < -0.39 is 5.82 Å². The van der Waals surface area contributed by atoms with Gasteiger partial charge in [-0.25, -0.2) is 4.39 Å². The molecule has 7 heteroatoms. The van der Waals surface area contributed by atoms with Crippen molar-refractivity contribution in [2.24, 2.45) is 0 Å². The van der Waals surface area contributed by atoms with Gasteiger partial charge in [-0.3, -0.25) is 9.59 Å². The summed E-state index contributed by atoms with van der Waals surface area (Å²) in [5, 5.41) is 6.19. The highest BCUT2D eigenvalue weighted by Crippen LogP contribution is 2.38. The number of fused-ring (bicyclic) bond motifs is 1. The van der Waals surface area contributed by atoms with Gasteiger partial charge in [-0.1, -0.05) is 36.4 Å². The highest BCUT2D eigenvalue weighted by molar-refractivity contribution is 6.37. The third kappa shape index (κ3) is 5.58. The second-order valence-electron chi connectivity index (χ2n) is 9.12. The average Bonchev–Trinajstić information content (AvgIpc) is 3.13. The number of hydrogen-bond acceptors (Lipinski definition) is 4. The van der Waals surface area contributed by atoms with Gasteiger partial charge in [-0.2, -0.15) is 0 Å². The number of amides is 2. The van der Waals surface area contributed by atoms with Crippen molar-refractivity contribution in [3.63, 3.8) is 0 Å². The zero-order valence-corrected chi connectivity index (χ0v) is 20.4. The van der Waals surface area contributed by atoms with E-state index in [1.807, 2.05) is 62.6 Å². The van der Waals surface area contributed by atoms with Crippen molar-refractivity contribution in [2.45, 2.75) is 13.0 Å². The summed E-state index contributed by atoms with van der Waals surface area (Å²) in [7, 11) is 7.49. The Kier molecular flexibility index (Phi) is 6.98. The zero-order valence-electron chi connectivity index (χ0n) is 20.4. The van der Waals surface area contributed by atoms with E-state index in [1.165, 1.54) is 17.7 Å². The summed E-state index contributed by atoms with van der Waals surface area (Å²) < 4.78 is 13.8.